The molecule has 0 amide bonds. The second-order valence-electron chi connectivity index (χ2n) is 6.85. The van der Waals surface area contributed by atoms with E-state index in [-0.39, 0.29) is 10.6 Å². The maximum Gasteiger partial charge on any atom is 0.240 e. The third-order valence-electron chi connectivity index (χ3n) is 4.91. The number of hydrogen-bond donors (Lipinski definition) is 1. The van der Waals surface area contributed by atoms with Crippen LogP contribution in [0.4, 0.5) is 5.69 Å². The zero-order valence-corrected chi connectivity index (χ0v) is 16.5. The van der Waals surface area contributed by atoms with Crippen LogP contribution in [0, 0.1) is 0 Å². The number of nitrogens with one attached hydrogen (secondary N) is 1. The van der Waals surface area contributed by atoms with Gasteiger partial charge in [-0.15, -0.1) is 0 Å². The summed E-state index contributed by atoms with van der Waals surface area (Å²) in [5, 5.41) is 0. The number of rotatable bonds is 6. The molecule has 0 radical (unpaired) electrons. The molecule has 1 saturated heterocycles. The molecule has 0 atom stereocenters. The highest BCUT2D eigenvalue weighted by Gasteiger charge is 2.26. The van der Waals surface area contributed by atoms with E-state index in [1.807, 2.05) is 0 Å². The molecule has 1 N–H and O–H groups in total. The molecule has 26 heavy (non-hydrogen) atoms. The van der Waals surface area contributed by atoms with Gasteiger partial charge in [0.15, 0.2) is 0 Å². The SMILES string of the molecule is O=S(=O)(NCCC1=CCCCC1)c1ccc(N2CCCCS2(=O)=O)cc1. The van der Waals surface area contributed by atoms with Crippen LogP contribution in [0.5, 0.6) is 0 Å². The summed E-state index contributed by atoms with van der Waals surface area (Å²) in [6, 6.07) is 6.09. The van der Waals surface area contributed by atoms with Crippen molar-refractivity contribution in [1.29, 1.82) is 0 Å². The van der Waals surface area contributed by atoms with Gasteiger partial charge in [0.2, 0.25) is 20.0 Å². The number of sulfonamides is 2. The van der Waals surface area contributed by atoms with Crippen LogP contribution >= 0.6 is 0 Å². The Morgan fingerprint density at radius 2 is 1.81 bits per heavy atom. The Morgan fingerprint density at radius 1 is 1.04 bits per heavy atom. The zero-order valence-electron chi connectivity index (χ0n) is 14.9. The van der Waals surface area contributed by atoms with Crippen LogP contribution in [0.25, 0.3) is 0 Å². The summed E-state index contributed by atoms with van der Waals surface area (Å²) < 4.78 is 53.2. The van der Waals surface area contributed by atoms with Crippen molar-refractivity contribution in [3.05, 3.63) is 35.9 Å². The molecule has 1 aliphatic heterocycles. The van der Waals surface area contributed by atoms with Crippen molar-refractivity contribution in [2.75, 3.05) is 23.1 Å². The number of allylic oxidation sites excluding steroid dienone is 1. The Bertz CT molecular complexity index is 859. The summed E-state index contributed by atoms with van der Waals surface area (Å²) in [4.78, 5) is 0.160. The van der Waals surface area contributed by atoms with Gasteiger partial charge >= 0.3 is 0 Å². The van der Waals surface area contributed by atoms with Gasteiger partial charge in [-0.05, 0) is 69.2 Å². The van der Waals surface area contributed by atoms with E-state index >= 15 is 0 Å². The zero-order chi connectivity index (χ0) is 18.6. The Labute approximate surface area is 156 Å². The summed E-state index contributed by atoms with van der Waals surface area (Å²) in [5.74, 6) is 0.143. The van der Waals surface area contributed by atoms with Crippen LogP contribution in [0.15, 0.2) is 40.8 Å². The lowest BCUT2D eigenvalue weighted by Gasteiger charge is -2.28. The first-order valence-electron chi connectivity index (χ1n) is 9.16. The minimum atomic E-state index is -3.58. The average Bonchev–Trinajstić information content (AvgIpc) is 2.62. The van der Waals surface area contributed by atoms with Gasteiger partial charge < -0.3 is 0 Å². The Balaban J connectivity index is 1.64. The molecule has 144 valence electrons. The van der Waals surface area contributed by atoms with Gasteiger partial charge in [0.05, 0.1) is 16.3 Å². The molecule has 6 nitrogen and oxygen atoms in total. The standard InChI is InChI=1S/C18H26N2O4S2/c21-25(22)15-5-4-14-20(25)17-8-10-18(11-9-17)26(23,24)19-13-12-16-6-2-1-3-7-16/h6,8-11,19H,1-5,7,12-15H2. The fourth-order valence-corrected chi connectivity index (χ4v) is 6.10. The molecule has 8 heteroatoms. The lowest BCUT2D eigenvalue weighted by Crippen LogP contribution is -2.37. The Hall–Kier alpha value is -1.38. The van der Waals surface area contributed by atoms with Crippen molar-refractivity contribution in [2.45, 2.75) is 49.8 Å². The summed E-state index contributed by atoms with van der Waals surface area (Å²) in [7, 11) is -6.87. The molecule has 0 saturated carbocycles. The molecule has 2 aliphatic rings. The summed E-state index contributed by atoms with van der Waals surface area (Å²) in [6.07, 6.45) is 8.98. The second kappa shape index (κ2) is 8.10. The summed E-state index contributed by atoms with van der Waals surface area (Å²) in [5.41, 5.74) is 1.85. The molecule has 1 aromatic rings. The number of benzene rings is 1. The first-order valence-corrected chi connectivity index (χ1v) is 12.3. The highest BCUT2D eigenvalue weighted by molar-refractivity contribution is 7.92. The molecule has 0 unspecified atom stereocenters. The van der Waals surface area contributed by atoms with Crippen LogP contribution in [0.1, 0.15) is 44.9 Å². The van der Waals surface area contributed by atoms with Gasteiger partial charge in [0.1, 0.15) is 0 Å². The summed E-state index contributed by atoms with van der Waals surface area (Å²) in [6.45, 7) is 0.832. The van der Waals surface area contributed by atoms with Crippen LogP contribution in [-0.2, 0) is 20.0 Å². The van der Waals surface area contributed by atoms with Crippen LogP contribution < -0.4 is 9.03 Å². The molecule has 0 spiro atoms. The predicted octanol–water partition coefficient (Wildman–Crippen LogP) is 2.79. The van der Waals surface area contributed by atoms with E-state index in [0.29, 0.717) is 25.2 Å². The molecular weight excluding hydrogens is 372 g/mol. The third-order valence-corrected chi connectivity index (χ3v) is 8.25. The first-order chi connectivity index (χ1) is 12.4. The van der Waals surface area contributed by atoms with Crippen molar-refractivity contribution in [3.63, 3.8) is 0 Å². The highest BCUT2D eigenvalue weighted by Crippen LogP contribution is 2.25. The summed E-state index contributed by atoms with van der Waals surface area (Å²) >= 11 is 0. The maximum atomic E-state index is 12.4. The van der Waals surface area contributed by atoms with Gasteiger partial charge in [-0.25, -0.2) is 21.6 Å². The molecule has 3 rings (SSSR count). The molecule has 1 aliphatic carbocycles. The van der Waals surface area contributed by atoms with Crippen LogP contribution in [-0.4, -0.2) is 35.7 Å². The number of nitrogens with zero attached hydrogens (tertiary/aromatic N) is 1. The van der Waals surface area contributed by atoms with Crippen molar-refractivity contribution >= 4 is 25.7 Å². The second-order valence-corrected chi connectivity index (χ2v) is 10.6. The van der Waals surface area contributed by atoms with Gasteiger partial charge in [-0.1, -0.05) is 11.6 Å². The number of anilines is 1. The smallest absolute Gasteiger partial charge is 0.240 e. The minimum absolute atomic E-state index is 0.143. The molecule has 1 aromatic carbocycles. The van der Waals surface area contributed by atoms with E-state index in [1.54, 1.807) is 12.1 Å². The topological polar surface area (TPSA) is 83.6 Å². The lowest BCUT2D eigenvalue weighted by atomic mass is 9.97. The van der Waals surface area contributed by atoms with E-state index in [1.165, 1.54) is 34.9 Å². The van der Waals surface area contributed by atoms with Gasteiger partial charge in [0, 0.05) is 13.1 Å². The van der Waals surface area contributed by atoms with Crippen molar-refractivity contribution in [3.8, 4) is 0 Å². The Morgan fingerprint density at radius 3 is 2.46 bits per heavy atom. The fraction of sp³-hybridized carbons (Fsp3) is 0.556. The fourth-order valence-electron chi connectivity index (χ4n) is 3.43. The maximum absolute atomic E-state index is 12.4. The van der Waals surface area contributed by atoms with E-state index < -0.39 is 20.0 Å². The predicted molar refractivity (Wildman–Crippen MR) is 103 cm³/mol. The lowest BCUT2D eigenvalue weighted by molar-refractivity contribution is 0.574. The first kappa shape index (κ1) is 19.4. The van der Waals surface area contributed by atoms with E-state index in [9.17, 15) is 16.8 Å². The normalized spacial score (nSPS) is 20.6. The highest BCUT2D eigenvalue weighted by atomic mass is 32.2. The third kappa shape index (κ3) is 4.66. The molecular formula is C18H26N2O4S2. The quantitative estimate of drug-likeness (QED) is 0.747. The van der Waals surface area contributed by atoms with Crippen LogP contribution in [0.3, 0.4) is 0 Å². The van der Waals surface area contributed by atoms with E-state index in [2.05, 4.69) is 10.8 Å². The van der Waals surface area contributed by atoms with Gasteiger partial charge in [0.25, 0.3) is 0 Å². The molecule has 1 heterocycles. The Kier molecular flexibility index (Phi) is 6.04. The molecule has 1 fully saturated rings. The van der Waals surface area contributed by atoms with Crippen molar-refractivity contribution in [1.82, 2.24) is 4.72 Å². The number of hydrogen-bond acceptors (Lipinski definition) is 4. The monoisotopic (exact) mass is 398 g/mol. The molecule has 0 aromatic heterocycles. The van der Waals surface area contributed by atoms with Crippen molar-refractivity contribution < 1.29 is 16.8 Å². The van der Waals surface area contributed by atoms with Crippen molar-refractivity contribution in [2.24, 2.45) is 0 Å². The minimum Gasteiger partial charge on any atom is -0.270 e. The van der Waals surface area contributed by atoms with E-state index in [4.69, 9.17) is 0 Å². The molecule has 0 bridgehead atoms. The van der Waals surface area contributed by atoms with Gasteiger partial charge in [-0.2, -0.15) is 0 Å². The van der Waals surface area contributed by atoms with Crippen LogP contribution in [0.2, 0.25) is 0 Å². The average molecular weight is 399 g/mol. The van der Waals surface area contributed by atoms with Gasteiger partial charge in [-0.3, -0.25) is 4.31 Å². The largest absolute Gasteiger partial charge is 0.270 e. The van der Waals surface area contributed by atoms with E-state index in [0.717, 1.165) is 25.7 Å².